The number of esters is 1. The molecule has 0 aliphatic carbocycles. The molecular weight excluding hydrogens is 344 g/mol. The molecule has 0 aliphatic heterocycles. The lowest BCUT2D eigenvalue weighted by Crippen LogP contribution is -2.26. The minimum absolute atomic E-state index is 0.135. The van der Waals surface area contributed by atoms with Gasteiger partial charge in [0.2, 0.25) is 5.78 Å². The molecule has 1 atom stereocenters. The summed E-state index contributed by atoms with van der Waals surface area (Å²) in [5.41, 5.74) is 1.72. The number of nitrogens with one attached hydrogen (secondary N) is 1. The van der Waals surface area contributed by atoms with E-state index in [0.29, 0.717) is 22.0 Å². The molecule has 6 heteroatoms. The number of carbonyl (C=O) groups excluding carboxylic acids is 2. The number of ether oxygens (including phenoxy) is 1. The Balaban J connectivity index is 1.71. The number of hydrogen-bond donors (Lipinski definition) is 1. The number of Topliss-reactive ketones (excluding diaryl/α,β-unsaturated/α-hetero) is 1. The van der Waals surface area contributed by atoms with Crippen LogP contribution in [0, 0.1) is 0 Å². The lowest BCUT2D eigenvalue weighted by Gasteiger charge is -2.13. The molecule has 0 saturated carbocycles. The van der Waals surface area contributed by atoms with Crippen molar-refractivity contribution in [3.8, 4) is 0 Å². The third-order valence-electron chi connectivity index (χ3n) is 4.41. The van der Waals surface area contributed by atoms with Gasteiger partial charge in [0.1, 0.15) is 0 Å². The van der Waals surface area contributed by atoms with Gasteiger partial charge in [0.15, 0.2) is 6.10 Å². The van der Waals surface area contributed by atoms with E-state index in [1.165, 1.54) is 0 Å². The van der Waals surface area contributed by atoms with Crippen molar-refractivity contribution in [3.63, 3.8) is 0 Å². The summed E-state index contributed by atoms with van der Waals surface area (Å²) in [5.74, 6) is -0.837. The summed E-state index contributed by atoms with van der Waals surface area (Å²) >= 11 is 0. The summed E-state index contributed by atoms with van der Waals surface area (Å²) in [6.45, 7) is 3.59. The van der Waals surface area contributed by atoms with E-state index in [1.807, 2.05) is 19.1 Å². The van der Waals surface area contributed by atoms with Crippen molar-refractivity contribution >= 4 is 22.5 Å². The maximum Gasteiger partial charge on any atom is 0.312 e. The summed E-state index contributed by atoms with van der Waals surface area (Å²) in [6, 6.07) is 14.1. The van der Waals surface area contributed by atoms with Crippen molar-refractivity contribution in [2.75, 3.05) is 0 Å². The Labute approximate surface area is 156 Å². The molecule has 0 spiro atoms. The summed E-state index contributed by atoms with van der Waals surface area (Å²) in [7, 11) is 0. The molecule has 0 bridgehead atoms. The number of ketones is 1. The van der Waals surface area contributed by atoms with Gasteiger partial charge >= 0.3 is 5.97 Å². The average Bonchev–Trinajstić information content (AvgIpc) is 2.69. The molecule has 138 valence electrons. The molecule has 2 aromatic carbocycles. The zero-order valence-corrected chi connectivity index (χ0v) is 15.2. The summed E-state index contributed by atoms with van der Waals surface area (Å²) in [5, 5.41) is 7.38. The molecule has 1 aromatic heterocycles. The van der Waals surface area contributed by atoms with Crippen molar-refractivity contribution in [1.29, 1.82) is 0 Å². The Kier molecular flexibility index (Phi) is 5.45. The zero-order valence-electron chi connectivity index (χ0n) is 15.2. The van der Waals surface area contributed by atoms with Crippen LogP contribution in [0.2, 0.25) is 0 Å². The summed E-state index contributed by atoms with van der Waals surface area (Å²) in [4.78, 5) is 36.5. The van der Waals surface area contributed by atoms with Gasteiger partial charge in [-0.15, -0.1) is 0 Å². The fourth-order valence-electron chi connectivity index (χ4n) is 2.87. The maximum absolute atomic E-state index is 12.4. The second-order valence-electron chi connectivity index (χ2n) is 6.27. The molecule has 0 saturated heterocycles. The maximum atomic E-state index is 12.4. The van der Waals surface area contributed by atoms with Crippen molar-refractivity contribution in [2.24, 2.45) is 0 Å². The number of aromatic nitrogens is 2. The number of aryl methyl sites for hydroxylation is 1. The molecule has 0 radical (unpaired) electrons. The Morgan fingerprint density at radius 2 is 1.74 bits per heavy atom. The smallest absolute Gasteiger partial charge is 0.312 e. The highest BCUT2D eigenvalue weighted by Crippen LogP contribution is 2.14. The molecule has 0 amide bonds. The van der Waals surface area contributed by atoms with Crippen LogP contribution in [0.1, 0.15) is 35.5 Å². The van der Waals surface area contributed by atoms with Gasteiger partial charge < -0.3 is 4.74 Å². The quantitative estimate of drug-likeness (QED) is 0.537. The Bertz CT molecular complexity index is 1040. The van der Waals surface area contributed by atoms with Gasteiger partial charge in [0.05, 0.1) is 17.5 Å². The average molecular weight is 364 g/mol. The van der Waals surface area contributed by atoms with E-state index < -0.39 is 12.1 Å². The lowest BCUT2D eigenvalue weighted by atomic mass is 10.0. The van der Waals surface area contributed by atoms with E-state index in [9.17, 15) is 14.4 Å². The van der Waals surface area contributed by atoms with Crippen molar-refractivity contribution < 1.29 is 14.3 Å². The molecule has 6 nitrogen and oxygen atoms in total. The third kappa shape index (κ3) is 4.11. The molecule has 3 aromatic rings. The van der Waals surface area contributed by atoms with E-state index in [1.54, 1.807) is 43.3 Å². The SMILES string of the molecule is CCc1ccc(C(=O)[C@@H](C)OC(=O)Cc2n[nH]c(=O)c3ccccc23)cc1. The first-order chi connectivity index (χ1) is 13.0. The summed E-state index contributed by atoms with van der Waals surface area (Å²) < 4.78 is 5.29. The molecular formula is C21H20N2O4. The number of aromatic amines is 1. The number of fused-ring (bicyclic) bond motifs is 1. The number of rotatable bonds is 6. The molecule has 1 heterocycles. The molecule has 1 N–H and O–H groups in total. The Morgan fingerprint density at radius 1 is 1.07 bits per heavy atom. The Morgan fingerprint density at radius 3 is 2.41 bits per heavy atom. The van der Waals surface area contributed by atoms with E-state index in [0.717, 1.165) is 12.0 Å². The molecule has 0 fully saturated rings. The second-order valence-corrected chi connectivity index (χ2v) is 6.27. The van der Waals surface area contributed by atoms with Gasteiger partial charge in [0, 0.05) is 10.9 Å². The van der Waals surface area contributed by atoms with Crippen LogP contribution in [0.4, 0.5) is 0 Å². The fraction of sp³-hybridized carbons (Fsp3) is 0.238. The molecule has 3 rings (SSSR count). The highest BCUT2D eigenvalue weighted by atomic mass is 16.5. The van der Waals surface area contributed by atoms with Crippen LogP contribution >= 0.6 is 0 Å². The highest BCUT2D eigenvalue weighted by molar-refractivity contribution is 6.00. The highest BCUT2D eigenvalue weighted by Gasteiger charge is 2.20. The van der Waals surface area contributed by atoms with Crippen LogP contribution in [0.25, 0.3) is 10.8 Å². The van der Waals surface area contributed by atoms with Gasteiger partial charge in [-0.05, 0) is 25.0 Å². The fourth-order valence-corrected chi connectivity index (χ4v) is 2.87. The normalized spacial score (nSPS) is 11.9. The predicted molar refractivity (Wildman–Crippen MR) is 102 cm³/mol. The number of carbonyl (C=O) groups is 2. The van der Waals surface area contributed by atoms with E-state index in [2.05, 4.69) is 10.2 Å². The summed E-state index contributed by atoms with van der Waals surface area (Å²) in [6.07, 6.45) is -0.151. The first-order valence-electron chi connectivity index (χ1n) is 8.78. The topological polar surface area (TPSA) is 89.1 Å². The van der Waals surface area contributed by atoms with Crippen LogP contribution in [0.3, 0.4) is 0 Å². The molecule has 27 heavy (non-hydrogen) atoms. The van der Waals surface area contributed by atoms with Gasteiger partial charge in [0.25, 0.3) is 5.56 Å². The molecule has 0 unspecified atom stereocenters. The number of H-pyrrole nitrogens is 1. The van der Waals surface area contributed by atoms with Crippen LogP contribution < -0.4 is 5.56 Å². The van der Waals surface area contributed by atoms with Crippen molar-refractivity contribution in [1.82, 2.24) is 10.2 Å². The van der Waals surface area contributed by atoms with Gasteiger partial charge in [-0.1, -0.05) is 49.4 Å². The second kappa shape index (κ2) is 7.95. The minimum Gasteiger partial charge on any atom is -0.454 e. The zero-order chi connectivity index (χ0) is 19.4. The van der Waals surface area contributed by atoms with E-state index >= 15 is 0 Å². The lowest BCUT2D eigenvalue weighted by molar-refractivity contribution is -0.145. The van der Waals surface area contributed by atoms with Crippen molar-refractivity contribution in [2.45, 2.75) is 32.8 Å². The first-order valence-corrected chi connectivity index (χ1v) is 8.78. The van der Waals surface area contributed by atoms with E-state index in [4.69, 9.17) is 4.74 Å². The van der Waals surface area contributed by atoms with Crippen LogP contribution in [-0.4, -0.2) is 28.1 Å². The monoisotopic (exact) mass is 364 g/mol. The van der Waals surface area contributed by atoms with Crippen LogP contribution in [0.15, 0.2) is 53.3 Å². The standard InChI is InChI=1S/C21H20N2O4/c1-3-14-8-10-15(11-9-14)20(25)13(2)27-19(24)12-18-16-6-4-5-7-17(16)21(26)23-22-18/h4-11,13H,3,12H2,1-2H3,(H,23,26)/t13-/m1/s1. The van der Waals surface area contributed by atoms with E-state index in [-0.39, 0.29) is 17.8 Å². The number of benzene rings is 2. The largest absolute Gasteiger partial charge is 0.454 e. The van der Waals surface area contributed by atoms with Gasteiger partial charge in [-0.3, -0.25) is 14.4 Å². The predicted octanol–water partition coefficient (Wildman–Crippen LogP) is 2.84. The number of hydrogen-bond acceptors (Lipinski definition) is 5. The molecule has 0 aliphatic rings. The van der Waals surface area contributed by atoms with Crippen LogP contribution in [0.5, 0.6) is 0 Å². The van der Waals surface area contributed by atoms with Gasteiger partial charge in [-0.25, -0.2) is 5.10 Å². The van der Waals surface area contributed by atoms with Crippen molar-refractivity contribution in [3.05, 3.63) is 75.7 Å². The first kappa shape index (κ1) is 18.5. The van der Waals surface area contributed by atoms with Crippen LogP contribution in [-0.2, 0) is 22.4 Å². The number of nitrogens with zero attached hydrogens (tertiary/aromatic N) is 1. The van der Waals surface area contributed by atoms with Gasteiger partial charge in [-0.2, -0.15) is 5.10 Å². The minimum atomic E-state index is -0.904. The Hall–Kier alpha value is -3.28. The third-order valence-corrected chi connectivity index (χ3v) is 4.41.